The third kappa shape index (κ3) is 2.32. The molecule has 0 heterocycles. The Labute approximate surface area is 157 Å². The van der Waals surface area contributed by atoms with Crippen LogP contribution in [0.1, 0.15) is 27.7 Å². The summed E-state index contributed by atoms with van der Waals surface area (Å²) < 4.78 is 0. The van der Waals surface area contributed by atoms with Crippen LogP contribution in [0.25, 0.3) is 32.3 Å². The normalized spacial score (nSPS) is 13.0. The highest BCUT2D eigenvalue weighted by Gasteiger charge is 2.42. The van der Waals surface area contributed by atoms with Crippen molar-refractivity contribution in [3.05, 3.63) is 54.6 Å². The topological polar surface area (TPSA) is 20.2 Å². The summed E-state index contributed by atoms with van der Waals surface area (Å²) in [5.41, 5.74) is 1.18. The second-order valence-electron chi connectivity index (χ2n) is 8.29. The van der Waals surface area contributed by atoms with Crippen LogP contribution in [0, 0.1) is 0 Å². The first-order valence-electron chi connectivity index (χ1n) is 9.78. The van der Waals surface area contributed by atoms with Crippen LogP contribution in [0.5, 0.6) is 0 Å². The smallest absolute Gasteiger partial charge is 0.0947 e. The summed E-state index contributed by atoms with van der Waals surface area (Å²) in [4.78, 5) is 0. The molecule has 1 nitrogen and oxygen atoms in total. The molecule has 134 valence electrons. The number of aliphatic hydroxyl groups excluding tert-OH is 1. The van der Waals surface area contributed by atoms with Crippen molar-refractivity contribution in [2.24, 2.45) is 0 Å². The fourth-order valence-corrected chi connectivity index (χ4v) is 10.8. The van der Waals surface area contributed by atoms with Gasteiger partial charge in [0.25, 0.3) is 0 Å². The summed E-state index contributed by atoms with van der Waals surface area (Å²) in [5, 5.41) is 19.7. The molecule has 0 unspecified atom stereocenters. The summed E-state index contributed by atoms with van der Waals surface area (Å²) in [7, 11) is -1.87. The minimum Gasteiger partial charge on any atom is -0.397 e. The van der Waals surface area contributed by atoms with Crippen molar-refractivity contribution < 1.29 is 5.11 Å². The van der Waals surface area contributed by atoms with E-state index in [9.17, 15) is 5.11 Å². The Balaban J connectivity index is 2.16. The number of benzene rings is 4. The van der Waals surface area contributed by atoms with Gasteiger partial charge in [-0.15, -0.1) is 0 Å². The molecule has 0 aliphatic heterocycles. The lowest BCUT2D eigenvalue weighted by Crippen LogP contribution is -2.54. The second kappa shape index (κ2) is 6.36. The third-order valence-electron chi connectivity index (χ3n) is 6.62. The number of aliphatic hydroxyl groups is 1. The summed E-state index contributed by atoms with van der Waals surface area (Å²) in [5.74, 6) is 0. The van der Waals surface area contributed by atoms with Gasteiger partial charge in [-0.25, -0.2) is 0 Å². The molecule has 0 fully saturated rings. The molecular weight excluding hydrogens is 332 g/mol. The average molecular weight is 361 g/mol. The molecule has 0 aliphatic rings. The maximum Gasteiger partial charge on any atom is 0.0947 e. The van der Waals surface area contributed by atoms with E-state index in [0.29, 0.717) is 11.1 Å². The van der Waals surface area contributed by atoms with Gasteiger partial charge in [0, 0.05) is 6.61 Å². The average Bonchev–Trinajstić information content (AvgIpc) is 2.63. The van der Waals surface area contributed by atoms with Gasteiger partial charge in [-0.3, -0.25) is 0 Å². The predicted molar refractivity (Wildman–Crippen MR) is 118 cm³/mol. The van der Waals surface area contributed by atoms with E-state index in [1.165, 1.54) is 37.5 Å². The highest BCUT2D eigenvalue weighted by molar-refractivity contribution is 6.95. The highest BCUT2D eigenvalue weighted by atomic mass is 28.3. The van der Waals surface area contributed by atoms with Gasteiger partial charge < -0.3 is 5.11 Å². The summed E-state index contributed by atoms with van der Waals surface area (Å²) in [6.45, 7) is 9.73. The fraction of sp³-hybridized carbons (Fsp3) is 0.333. The maximum atomic E-state index is 9.94. The van der Waals surface area contributed by atoms with Crippen molar-refractivity contribution in [3.8, 4) is 0 Å². The van der Waals surface area contributed by atoms with E-state index in [0.717, 1.165) is 6.04 Å². The molecule has 4 rings (SSSR count). The molecule has 0 atom stereocenters. The van der Waals surface area contributed by atoms with Crippen LogP contribution in [0.15, 0.2) is 54.6 Å². The molecule has 0 aliphatic carbocycles. The monoisotopic (exact) mass is 360 g/mol. The Kier molecular flexibility index (Phi) is 4.29. The Bertz CT molecular complexity index is 1040. The maximum absolute atomic E-state index is 9.94. The van der Waals surface area contributed by atoms with Gasteiger partial charge in [-0.1, -0.05) is 87.5 Å². The van der Waals surface area contributed by atoms with Crippen LogP contribution in [0.2, 0.25) is 17.1 Å². The predicted octanol–water partition coefficient (Wildman–Crippen LogP) is 6.05. The van der Waals surface area contributed by atoms with Gasteiger partial charge in [0.2, 0.25) is 0 Å². The van der Waals surface area contributed by atoms with E-state index in [4.69, 9.17) is 0 Å². The van der Waals surface area contributed by atoms with E-state index in [1.807, 2.05) is 0 Å². The lowest BCUT2D eigenvalue weighted by Gasteiger charge is -2.40. The molecule has 0 bridgehead atoms. The molecule has 0 spiro atoms. The third-order valence-corrected chi connectivity index (χ3v) is 13.2. The Morgan fingerprint density at radius 1 is 0.731 bits per heavy atom. The molecule has 2 heteroatoms. The van der Waals surface area contributed by atoms with Crippen molar-refractivity contribution in [2.75, 3.05) is 6.61 Å². The van der Waals surface area contributed by atoms with Crippen LogP contribution in [-0.4, -0.2) is 19.8 Å². The van der Waals surface area contributed by atoms with Crippen molar-refractivity contribution in [2.45, 2.75) is 44.8 Å². The van der Waals surface area contributed by atoms with E-state index < -0.39 is 8.07 Å². The van der Waals surface area contributed by atoms with Gasteiger partial charge in [0.1, 0.15) is 0 Å². The molecule has 1 N–H and O–H groups in total. The first kappa shape index (κ1) is 17.5. The van der Waals surface area contributed by atoms with E-state index >= 15 is 0 Å². The number of rotatable bonds is 5. The van der Waals surface area contributed by atoms with Gasteiger partial charge in [-0.05, 0) is 49.4 Å². The van der Waals surface area contributed by atoms with Crippen LogP contribution in [0.3, 0.4) is 0 Å². The van der Waals surface area contributed by atoms with Gasteiger partial charge in [0.15, 0.2) is 0 Å². The standard InChI is InChI=1S/C24H28OSi/c1-16(2)26(15-14-25,17(3)4)22-13-11-20-9-8-18-6-5-7-19-10-12-21(22)24(20)23(18)19/h5-13,16-17,25H,14-15H2,1-4H3. The number of hydrogen-bond acceptors (Lipinski definition) is 1. The van der Waals surface area contributed by atoms with Crippen LogP contribution in [-0.2, 0) is 0 Å². The SMILES string of the molecule is CC(C)[Si](CCO)(c1ccc2ccc3cccc4ccc1c2c34)C(C)C. The minimum atomic E-state index is -1.87. The van der Waals surface area contributed by atoms with Crippen molar-refractivity contribution in [3.63, 3.8) is 0 Å². The fourth-order valence-electron chi connectivity index (χ4n) is 5.33. The van der Waals surface area contributed by atoms with Crippen LogP contribution >= 0.6 is 0 Å². The second-order valence-corrected chi connectivity index (χ2v) is 13.7. The van der Waals surface area contributed by atoms with Crippen LogP contribution < -0.4 is 5.19 Å². The van der Waals surface area contributed by atoms with E-state index in [-0.39, 0.29) is 6.61 Å². The molecule has 4 aromatic carbocycles. The zero-order chi connectivity index (χ0) is 18.5. The van der Waals surface area contributed by atoms with E-state index in [2.05, 4.69) is 82.3 Å². The molecule has 0 radical (unpaired) electrons. The Hall–Kier alpha value is -1.90. The zero-order valence-corrected chi connectivity index (χ0v) is 17.2. The zero-order valence-electron chi connectivity index (χ0n) is 16.2. The lowest BCUT2D eigenvalue weighted by atomic mass is 9.94. The molecular formula is C24H28OSi. The summed E-state index contributed by atoms with van der Waals surface area (Å²) in [6, 6.07) is 21.3. The lowest BCUT2D eigenvalue weighted by molar-refractivity contribution is 0.315. The van der Waals surface area contributed by atoms with Crippen molar-refractivity contribution in [1.82, 2.24) is 0 Å². The first-order chi connectivity index (χ1) is 12.5. The minimum absolute atomic E-state index is 0.282. The summed E-state index contributed by atoms with van der Waals surface area (Å²) >= 11 is 0. The molecule has 0 aromatic heterocycles. The van der Waals surface area contributed by atoms with E-state index in [1.54, 1.807) is 0 Å². The molecule has 0 amide bonds. The summed E-state index contributed by atoms with van der Waals surface area (Å²) in [6.07, 6.45) is 0. The molecule has 26 heavy (non-hydrogen) atoms. The molecule has 4 aromatic rings. The number of hydrogen-bond donors (Lipinski definition) is 1. The quantitative estimate of drug-likeness (QED) is 0.339. The van der Waals surface area contributed by atoms with Crippen molar-refractivity contribution in [1.29, 1.82) is 0 Å². The first-order valence-corrected chi connectivity index (χ1v) is 12.1. The molecule has 0 saturated carbocycles. The Morgan fingerprint density at radius 3 is 1.85 bits per heavy atom. The van der Waals surface area contributed by atoms with Crippen molar-refractivity contribution >= 4 is 45.6 Å². The largest absolute Gasteiger partial charge is 0.397 e. The Morgan fingerprint density at radius 2 is 1.27 bits per heavy atom. The molecule has 0 saturated heterocycles. The van der Waals surface area contributed by atoms with Gasteiger partial charge in [-0.2, -0.15) is 0 Å². The van der Waals surface area contributed by atoms with Crippen LogP contribution in [0.4, 0.5) is 0 Å². The van der Waals surface area contributed by atoms with Gasteiger partial charge >= 0.3 is 0 Å². The van der Waals surface area contributed by atoms with Gasteiger partial charge in [0.05, 0.1) is 8.07 Å². The highest BCUT2D eigenvalue weighted by Crippen LogP contribution is 2.40.